The van der Waals surface area contributed by atoms with Gasteiger partial charge in [0.2, 0.25) is 6.23 Å². The second-order valence-electron chi connectivity index (χ2n) is 3.87. The van der Waals surface area contributed by atoms with Gasteiger partial charge in [0.1, 0.15) is 0 Å². The maximum Gasteiger partial charge on any atom is 0.347 e. The molecule has 1 unspecified atom stereocenters. The van der Waals surface area contributed by atoms with E-state index in [4.69, 9.17) is 4.74 Å². The molecule has 1 aromatic carbocycles. The Kier molecular flexibility index (Phi) is 2.89. The monoisotopic (exact) mass is 254 g/mol. The number of nitrogens with one attached hydrogen (secondary N) is 1. The van der Waals surface area contributed by atoms with Gasteiger partial charge in [0.25, 0.3) is 0 Å². The van der Waals surface area contributed by atoms with E-state index in [2.05, 4.69) is 20.2 Å². The number of H-pyrrole nitrogens is 1. The predicted octanol–water partition coefficient (Wildman–Crippen LogP) is 2.43. The van der Waals surface area contributed by atoms with E-state index in [0.29, 0.717) is 5.52 Å². The minimum Gasteiger partial charge on any atom is -0.471 e. The number of para-hydroxylation sites is 1. The zero-order valence-corrected chi connectivity index (χ0v) is 9.85. The minimum atomic E-state index is -0.482. The van der Waals surface area contributed by atoms with Crippen molar-refractivity contribution in [2.45, 2.75) is 6.23 Å². The fourth-order valence-corrected chi connectivity index (χ4v) is 1.72. The van der Waals surface area contributed by atoms with Crippen molar-refractivity contribution in [3.05, 3.63) is 59.2 Å². The number of nitrogens with zero attached hydrogens (tertiary/aromatic N) is 3. The molecule has 0 saturated carbocycles. The molecule has 94 valence electrons. The topological polar surface area (TPSA) is 79.7 Å². The number of hydrogen-bond donors (Lipinski definition) is 1. The third kappa shape index (κ3) is 2.42. The van der Waals surface area contributed by atoms with E-state index in [9.17, 15) is 4.79 Å². The Bertz CT molecular complexity index is 746. The summed E-state index contributed by atoms with van der Waals surface area (Å²) >= 11 is 0. The highest BCUT2D eigenvalue weighted by molar-refractivity contribution is 5.86. The number of rotatable bonds is 2. The average molecular weight is 254 g/mol. The van der Waals surface area contributed by atoms with Crippen LogP contribution in [0.3, 0.4) is 0 Å². The maximum absolute atomic E-state index is 11.4. The second-order valence-corrected chi connectivity index (χ2v) is 3.87. The predicted molar refractivity (Wildman–Crippen MR) is 70.0 cm³/mol. The summed E-state index contributed by atoms with van der Waals surface area (Å²) in [6, 6.07) is 7.29. The van der Waals surface area contributed by atoms with E-state index in [1.165, 1.54) is 6.26 Å². The average Bonchev–Trinajstić information content (AvgIpc) is 2.45. The van der Waals surface area contributed by atoms with Crippen molar-refractivity contribution in [3.8, 4) is 0 Å². The third-order valence-corrected chi connectivity index (χ3v) is 2.57. The van der Waals surface area contributed by atoms with E-state index in [1.807, 2.05) is 24.3 Å². The van der Waals surface area contributed by atoms with Crippen LogP contribution in [0, 0.1) is 0 Å². The van der Waals surface area contributed by atoms with Crippen LogP contribution in [0.1, 0.15) is 0 Å². The van der Waals surface area contributed by atoms with Gasteiger partial charge in [-0.1, -0.05) is 18.2 Å². The highest BCUT2D eigenvalue weighted by Gasteiger charge is 2.06. The molecular formula is C13H10N4O2. The largest absolute Gasteiger partial charge is 0.471 e. The third-order valence-electron chi connectivity index (χ3n) is 2.57. The Morgan fingerprint density at radius 3 is 3.00 bits per heavy atom. The first-order valence-electron chi connectivity index (χ1n) is 5.72. The number of benzene rings is 1. The van der Waals surface area contributed by atoms with Gasteiger partial charge in [-0.3, -0.25) is 0 Å². The van der Waals surface area contributed by atoms with E-state index in [1.54, 1.807) is 18.2 Å². The molecule has 19 heavy (non-hydrogen) atoms. The molecule has 0 amide bonds. The van der Waals surface area contributed by atoms with Crippen molar-refractivity contribution in [1.29, 1.82) is 0 Å². The molecule has 1 aliphatic heterocycles. The number of aromatic nitrogens is 2. The SMILES string of the molecule is O=c1nc(N=NC2C=CC=CO2)c2ccccc2[nH]1. The van der Waals surface area contributed by atoms with E-state index >= 15 is 0 Å². The number of hydrogen-bond acceptors (Lipinski definition) is 5. The molecule has 3 rings (SSSR count). The number of allylic oxidation sites excluding steroid dienone is 2. The normalized spacial score (nSPS) is 18.0. The first kappa shape index (κ1) is 11.3. The Morgan fingerprint density at radius 1 is 1.26 bits per heavy atom. The second kappa shape index (κ2) is 4.85. The number of fused-ring (bicyclic) bond motifs is 1. The maximum atomic E-state index is 11.4. The summed E-state index contributed by atoms with van der Waals surface area (Å²) in [7, 11) is 0. The van der Waals surface area contributed by atoms with Crippen LogP contribution in [-0.2, 0) is 4.74 Å². The standard InChI is InChI=1S/C13H10N4O2/c18-13-14-10-6-2-1-5-9(10)12(15-13)17-16-11-7-3-4-8-19-11/h1-8,11H,(H,14,15,18). The molecule has 2 aromatic rings. The van der Waals surface area contributed by atoms with Crippen molar-refractivity contribution in [2.75, 3.05) is 0 Å². The summed E-state index contributed by atoms with van der Waals surface area (Å²) in [4.78, 5) is 17.9. The molecule has 6 nitrogen and oxygen atoms in total. The molecule has 0 aliphatic carbocycles. The van der Waals surface area contributed by atoms with Crippen LogP contribution < -0.4 is 5.69 Å². The van der Waals surface area contributed by atoms with Gasteiger partial charge < -0.3 is 9.72 Å². The molecule has 1 aromatic heterocycles. The highest BCUT2D eigenvalue weighted by Crippen LogP contribution is 2.20. The van der Waals surface area contributed by atoms with E-state index < -0.39 is 11.9 Å². The van der Waals surface area contributed by atoms with Crippen LogP contribution >= 0.6 is 0 Å². The van der Waals surface area contributed by atoms with Gasteiger partial charge in [0.05, 0.1) is 11.8 Å². The summed E-state index contributed by atoms with van der Waals surface area (Å²) in [5.74, 6) is 0.283. The molecule has 1 atom stereocenters. The summed E-state index contributed by atoms with van der Waals surface area (Å²) in [6.07, 6.45) is 6.37. The molecule has 1 N–H and O–H groups in total. The van der Waals surface area contributed by atoms with Crippen molar-refractivity contribution in [2.24, 2.45) is 10.2 Å². The molecule has 6 heteroatoms. The van der Waals surface area contributed by atoms with Crippen molar-refractivity contribution in [1.82, 2.24) is 9.97 Å². The van der Waals surface area contributed by atoms with Crippen LogP contribution in [0.15, 0.2) is 63.8 Å². The molecular weight excluding hydrogens is 244 g/mol. The van der Waals surface area contributed by atoms with Gasteiger partial charge in [0, 0.05) is 5.39 Å². The summed E-state index contributed by atoms with van der Waals surface area (Å²) in [5.41, 5.74) is 0.226. The zero-order valence-electron chi connectivity index (χ0n) is 9.85. The zero-order chi connectivity index (χ0) is 13.1. The number of ether oxygens (including phenoxy) is 1. The van der Waals surface area contributed by atoms with Crippen LogP contribution in [0.5, 0.6) is 0 Å². The molecule has 0 fully saturated rings. The lowest BCUT2D eigenvalue weighted by Gasteiger charge is -2.08. The Labute approximate surface area is 108 Å². The van der Waals surface area contributed by atoms with E-state index in [-0.39, 0.29) is 5.82 Å². The van der Waals surface area contributed by atoms with Gasteiger partial charge in [0.15, 0.2) is 5.82 Å². The molecule has 0 saturated heterocycles. The summed E-state index contributed by atoms with van der Waals surface area (Å²) < 4.78 is 5.20. The van der Waals surface area contributed by atoms with Crippen LogP contribution in [0.4, 0.5) is 5.82 Å². The summed E-state index contributed by atoms with van der Waals surface area (Å²) in [6.45, 7) is 0. The van der Waals surface area contributed by atoms with Crippen LogP contribution in [0.2, 0.25) is 0 Å². The van der Waals surface area contributed by atoms with E-state index in [0.717, 1.165) is 5.39 Å². The van der Waals surface area contributed by atoms with Crippen molar-refractivity contribution < 1.29 is 4.74 Å². The first-order valence-corrected chi connectivity index (χ1v) is 5.72. The minimum absolute atomic E-state index is 0.283. The lowest BCUT2D eigenvalue weighted by molar-refractivity contribution is 0.185. The van der Waals surface area contributed by atoms with Crippen molar-refractivity contribution in [3.63, 3.8) is 0 Å². The van der Waals surface area contributed by atoms with Gasteiger partial charge in [-0.15, -0.1) is 10.2 Å². The number of aromatic amines is 1. The molecule has 2 heterocycles. The summed E-state index contributed by atoms with van der Waals surface area (Å²) in [5, 5.41) is 8.73. The van der Waals surface area contributed by atoms with Gasteiger partial charge in [-0.2, -0.15) is 4.98 Å². The van der Waals surface area contributed by atoms with Gasteiger partial charge in [-0.25, -0.2) is 4.79 Å². The smallest absolute Gasteiger partial charge is 0.347 e. The van der Waals surface area contributed by atoms with Crippen LogP contribution in [0.25, 0.3) is 10.9 Å². The lowest BCUT2D eigenvalue weighted by atomic mass is 10.2. The Hall–Kier alpha value is -2.76. The number of azo groups is 1. The fraction of sp³-hybridized carbons (Fsp3) is 0.0769. The lowest BCUT2D eigenvalue weighted by Crippen LogP contribution is -2.09. The van der Waals surface area contributed by atoms with Crippen molar-refractivity contribution >= 4 is 16.7 Å². The molecule has 0 bridgehead atoms. The van der Waals surface area contributed by atoms with Crippen LogP contribution in [-0.4, -0.2) is 16.2 Å². The van der Waals surface area contributed by atoms with Gasteiger partial charge in [-0.05, 0) is 24.3 Å². The first-order chi connectivity index (χ1) is 9.33. The quantitative estimate of drug-likeness (QED) is 0.836. The molecule has 0 spiro atoms. The molecule has 0 radical (unpaired) electrons. The fourth-order valence-electron chi connectivity index (χ4n) is 1.72. The molecule has 1 aliphatic rings. The van der Waals surface area contributed by atoms with Gasteiger partial charge >= 0.3 is 5.69 Å². The highest BCUT2D eigenvalue weighted by atomic mass is 16.5. The Morgan fingerprint density at radius 2 is 2.16 bits per heavy atom. The Balaban J connectivity index is 2.00.